The fraction of sp³-hybridized carbons (Fsp3) is 0.321. The van der Waals surface area contributed by atoms with E-state index in [1.54, 1.807) is 23.3 Å². The highest BCUT2D eigenvalue weighted by molar-refractivity contribution is 6.00. The largest absolute Gasteiger partial charge is 0.451 e. The maximum absolute atomic E-state index is 14.0. The Morgan fingerprint density at radius 2 is 1.56 bits per heavy atom. The molecule has 39 heavy (non-hydrogen) atoms. The number of carbonyl (C=O) groups is 2. The maximum Gasteiger partial charge on any atom is 0.287 e. The first kappa shape index (κ1) is 24.7. The molecule has 0 radical (unpaired) electrons. The van der Waals surface area contributed by atoms with Gasteiger partial charge in [-0.05, 0) is 61.1 Å². The Morgan fingerprint density at radius 3 is 2.21 bits per heavy atom. The standard InChI is InChI=1S/C28H24F2N6O3/c29-28(30)11-9-27(10-12-28,25(38)35-26(15-31)7-8-26)34-24(37)23-14-20-2-1-19(13-22(20)39-23)18-3-5-21(6-4-18)36-16-32-33-17-36/h1-6,13-14,16-17H,7-12H2,(H,34,37)(H,35,38). The molecule has 2 aliphatic rings. The molecule has 9 nitrogen and oxygen atoms in total. The Morgan fingerprint density at radius 1 is 0.897 bits per heavy atom. The van der Waals surface area contributed by atoms with Gasteiger partial charge in [-0.1, -0.05) is 24.3 Å². The first-order valence-electron chi connectivity index (χ1n) is 12.6. The van der Waals surface area contributed by atoms with E-state index in [9.17, 15) is 23.6 Å². The van der Waals surface area contributed by atoms with E-state index in [4.69, 9.17) is 4.42 Å². The van der Waals surface area contributed by atoms with Crippen LogP contribution < -0.4 is 10.6 Å². The fourth-order valence-corrected chi connectivity index (χ4v) is 4.94. The molecule has 2 aliphatic carbocycles. The molecule has 2 fully saturated rings. The second-order valence-corrected chi connectivity index (χ2v) is 10.3. The molecule has 0 unspecified atom stereocenters. The zero-order valence-electron chi connectivity index (χ0n) is 20.8. The number of benzene rings is 2. The lowest BCUT2D eigenvalue weighted by atomic mass is 9.78. The van der Waals surface area contributed by atoms with Gasteiger partial charge in [0.25, 0.3) is 5.91 Å². The Kier molecular flexibility index (Phi) is 5.71. The molecule has 0 bridgehead atoms. The van der Waals surface area contributed by atoms with Crippen LogP contribution in [-0.4, -0.2) is 43.6 Å². The highest BCUT2D eigenvalue weighted by Gasteiger charge is 2.53. The Labute approximate surface area is 221 Å². The number of alkyl halides is 2. The van der Waals surface area contributed by atoms with Crippen molar-refractivity contribution in [3.63, 3.8) is 0 Å². The third-order valence-corrected chi connectivity index (χ3v) is 7.60. The van der Waals surface area contributed by atoms with E-state index < -0.39 is 41.7 Å². The summed E-state index contributed by atoms with van der Waals surface area (Å²) in [5.41, 5.74) is 0.635. The molecular formula is C28H24F2N6O3. The molecule has 2 aromatic heterocycles. The summed E-state index contributed by atoms with van der Waals surface area (Å²) >= 11 is 0. The van der Waals surface area contributed by atoms with Crippen molar-refractivity contribution >= 4 is 22.8 Å². The number of rotatable bonds is 6. The zero-order valence-corrected chi connectivity index (χ0v) is 20.8. The summed E-state index contributed by atoms with van der Waals surface area (Å²) < 4.78 is 35.6. The number of hydrogen-bond donors (Lipinski definition) is 2. The molecule has 0 saturated heterocycles. The molecule has 2 saturated carbocycles. The number of aromatic nitrogens is 3. The van der Waals surface area contributed by atoms with Crippen molar-refractivity contribution in [3.8, 4) is 22.9 Å². The summed E-state index contributed by atoms with van der Waals surface area (Å²) in [5, 5.41) is 23.0. The van der Waals surface area contributed by atoms with Crippen LogP contribution in [0.15, 0.2) is 65.6 Å². The predicted molar refractivity (Wildman–Crippen MR) is 136 cm³/mol. The minimum Gasteiger partial charge on any atom is -0.451 e. The van der Waals surface area contributed by atoms with Crippen LogP contribution in [0.1, 0.15) is 49.1 Å². The van der Waals surface area contributed by atoms with Crippen LogP contribution in [-0.2, 0) is 4.79 Å². The van der Waals surface area contributed by atoms with E-state index in [0.29, 0.717) is 23.8 Å². The predicted octanol–water partition coefficient (Wildman–Crippen LogP) is 4.53. The van der Waals surface area contributed by atoms with E-state index in [1.165, 1.54) is 0 Å². The molecule has 0 atom stereocenters. The van der Waals surface area contributed by atoms with Crippen molar-refractivity contribution in [1.29, 1.82) is 5.26 Å². The van der Waals surface area contributed by atoms with E-state index in [0.717, 1.165) is 16.8 Å². The summed E-state index contributed by atoms with van der Waals surface area (Å²) in [6, 6.07) is 16.9. The number of amides is 2. The first-order chi connectivity index (χ1) is 18.7. The van der Waals surface area contributed by atoms with Gasteiger partial charge in [-0.25, -0.2) is 8.78 Å². The summed E-state index contributed by atoms with van der Waals surface area (Å²) in [5.74, 6) is -4.23. The summed E-state index contributed by atoms with van der Waals surface area (Å²) in [4.78, 5) is 26.5. The monoisotopic (exact) mass is 530 g/mol. The lowest BCUT2D eigenvalue weighted by Crippen LogP contribution is -2.62. The quantitative estimate of drug-likeness (QED) is 0.377. The van der Waals surface area contributed by atoms with Gasteiger partial charge in [0.15, 0.2) is 5.76 Å². The Balaban J connectivity index is 1.23. The number of fused-ring (bicyclic) bond motifs is 1. The molecule has 2 aromatic carbocycles. The van der Waals surface area contributed by atoms with Crippen molar-refractivity contribution in [2.75, 3.05) is 0 Å². The average molecular weight is 531 g/mol. The van der Waals surface area contributed by atoms with Crippen molar-refractivity contribution in [3.05, 3.63) is 66.9 Å². The first-order valence-corrected chi connectivity index (χ1v) is 12.6. The summed E-state index contributed by atoms with van der Waals surface area (Å²) in [7, 11) is 0. The summed E-state index contributed by atoms with van der Waals surface area (Å²) in [6.45, 7) is 0. The third-order valence-electron chi connectivity index (χ3n) is 7.60. The van der Waals surface area contributed by atoms with Gasteiger partial charge in [0.1, 0.15) is 29.3 Å². The molecular weight excluding hydrogens is 506 g/mol. The highest BCUT2D eigenvalue weighted by atomic mass is 19.3. The second kappa shape index (κ2) is 9.01. The van der Waals surface area contributed by atoms with Crippen LogP contribution in [0.3, 0.4) is 0 Å². The third kappa shape index (κ3) is 4.74. The second-order valence-electron chi connectivity index (χ2n) is 10.3. The van der Waals surface area contributed by atoms with Crippen molar-refractivity contribution in [2.45, 2.75) is 55.5 Å². The van der Waals surface area contributed by atoms with Gasteiger partial charge < -0.3 is 15.1 Å². The lowest BCUT2D eigenvalue weighted by molar-refractivity contribution is -0.133. The molecule has 6 rings (SSSR count). The highest BCUT2D eigenvalue weighted by Crippen LogP contribution is 2.41. The van der Waals surface area contributed by atoms with E-state index in [1.807, 2.05) is 42.5 Å². The van der Waals surface area contributed by atoms with E-state index in [2.05, 4.69) is 26.9 Å². The average Bonchev–Trinajstić information content (AvgIpc) is 3.30. The number of halogens is 2. The van der Waals surface area contributed by atoms with Crippen LogP contribution >= 0.6 is 0 Å². The number of hydrogen-bond acceptors (Lipinski definition) is 6. The van der Waals surface area contributed by atoms with Gasteiger partial charge in [0.2, 0.25) is 11.8 Å². The number of furan rings is 1. The van der Waals surface area contributed by atoms with Gasteiger partial charge in [0, 0.05) is 23.9 Å². The van der Waals surface area contributed by atoms with E-state index in [-0.39, 0.29) is 18.6 Å². The van der Waals surface area contributed by atoms with Gasteiger partial charge in [0.05, 0.1) is 6.07 Å². The Bertz CT molecular complexity index is 1590. The molecule has 11 heteroatoms. The number of carbonyl (C=O) groups excluding carboxylic acids is 2. The Hall–Kier alpha value is -4.59. The molecule has 4 aromatic rings. The van der Waals surface area contributed by atoms with Crippen molar-refractivity contribution in [1.82, 2.24) is 25.4 Å². The maximum atomic E-state index is 14.0. The number of nitrogens with one attached hydrogen (secondary N) is 2. The normalized spacial score (nSPS) is 18.7. The lowest BCUT2D eigenvalue weighted by Gasteiger charge is -2.39. The van der Waals surface area contributed by atoms with Crippen LogP contribution in [0.4, 0.5) is 8.78 Å². The smallest absolute Gasteiger partial charge is 0.287 e. The molecule has 198 valence electrons. The van der Waals surface area contributed by atoms with Gasteiger partial charge in [-0.3, -0.25) is 14.2 Å². The molecule has 2 amide bonds. The molecule has 0 spiro atoms. The topological polar surface area (TPSA) is 126 Å². The van der Waals surface area contributed by atoms with E-state index >= 15 is 0 Å². The van der Waals surface area contributed by atoms with Crippen LogP contribution in [0.25, 0.3) is 27.8 Å². The van der Waals surface area contributed by atoms with Gasteiger partial charge in [-0.15, -0.1) is 10.2 Å². The fourth-order valence-electron chi connectivity index (χ4n) is 4.94. The van der Waals surface area contributed by atoms with Crippen molar-refractivity contribution < 1.29 is 22.8 Å². The number of nitrogens with zero attached hydrogens (tertiary/aromatic N) is 4. The van der Waals surface area contributed by atoms with Crippen LogP contribution in [0.2, 0.25) is 0 Å². The minimum atomic E-state index is -2.91. The molecule has 2 heterocycles. The minimum absolute atomic E-state index is 0.0315. The van der Waals surface area contributed by atoms with Gasteiger partial charge >= 0.3 is 0 Å². The molecule has 2 N–H and O–H groups in total. The van der Waals surface area contributed by atoms with Crippen LogP contribution in [0, 0.1) is 11.3 Å². The summed E-state index contributed by atoms with van der Waals surface area (Å²) in [6.07, 6.45) is 2.63. The van der Waals surface area contributed by atoms with Gasteiger partial charge in [-0.2, -0.15) is 5.26 Å². The SMILES string of the molecule is N#CC1(NC(=O)C2(NC(=O)c3cc4ccc(-c5ccc(-n6cnnc6)cc5)cc4o3)CCC(F)(F)CC2)CC1. The van der Waals surface area contributed by atoms with Crippen LogP contribution in [0.5, 0.6) is 0 Å². The van der Waals surface area contributed by atoms with Crippen molar-refractivity contribution in [2.24, 2.45) is 0 Å². The zero-order chi connectivity index (χ0) is 27.3. The number of nitriles is 1. The molecule has 0 aliphatic heterocycles.